The lowest BCUT2D eigenvalue weighted by Gasteiger charge is -2.12. The Morgan fingerprint density at radius 1 is 1.07 bits per heavy atom. The van der Waals surface area contributed by atoms with Crippen molar-refractivity contribution in [1.82, 2.24) is 0 Å². The fourth-order valence-corrected chi connectivity index (χ4v) is 1.18. The number of hydrogen-bond donors (Lipinski definition) is 0. The van der Waals surface area contributed by atoms with Gasteiger partial charge >= 0.3 is 0 Å². The summed E-state index contributed by atoms with van der Waals surface area (Å²) in [6, 6.07) is 3.14. The molecule has 0 aromatic heterocycles. The molecule has 0 unspecified atom stereocenters. The molecule has 1 aromatic rings. The van der Waals surface area contributed by atoms with Crippen LogP contribution in [0.1, 0.15) is 0 Å². The van der Waals surface area contributed by atoms with Crippen LogP contribution >= 0.6 is 0 Å². The summed E-state index contributed by atoms with van der Waals surface area (Å²) in [6.45, 7) is 0. The molecular formula is C9H11N3O3. The van der Waals surface area contributed by atoms with Crippen molar-refractivity contribution in [3.63, 3.8) is 0 Å². The Balaban J connectivity index is 3.34. The standard InChI is InChI=1S/C9H11N3O3/c1-13-7-4-6(11-12-10)5-8(14-2)9(7)15-3/h4-5H,1-3H3. The van der Waals surface area contributed by atoms with Gasteiger partial charge in [0.2, 0.25) is 5.75 Å². The highest BCUT2D eigenvalue weighted by Crippen LogP contribution is 2.40. The maximum Gasteiger partial charge on any atom is 0.203 e. The molecule has 0 bridgehead atoms. The van der Waals surface area contributed by atoms with Crippen molar-refractivity contribution in [2.24, 2.45) is 5.11 Å². The second kappa shape index (κ2) is 4.97. The number of benzene rings is 1. The van der Waals surface area contributed by atoms with Crippen molar-refractivity contribution in [1.29, 1.82) is 0 Å². The molecular weight excluding hydrogens is 198 g/mol. The predicted molar refractivity (Wildman–Crippen MR) is 54.9 cm³/mol. The van der Waals surface area contributed by atoms with Crippen molar-refractivity contribution < 1.29 is 14.2 Å². The summed E-state index contributed by atoms with van der Waals surface area (Å²) in [4.78, 5) is 2.69. The van der Waals surface area contributed by atoms with Gasteiger partial charge in [0.05, 0.1) is 21.3 Å². The molecule has 0 saturated heterocycles. The maximum atomic E-state index is 8.32. The van der Waals surface area contributed by atoms with E-state index in [1.165, 1.54) is 21.3 Å². The predicted octanol–water partition coefficient (Wildman–Crippen LogP) is 2.65. The summed E-state index contributed by atoms with van der Waals surface area (Å²) in [5.74, 6) is 1.38. The normalized spacial score (nSPS) is 9.00. The van der Waals surface area contributed by atoms with Gasteiger partial charge in [-0.3, -0.25) is 0 Å². The highest BCUT2D eigenvalue weighted by atomic mass is 16.5. The number of azide groups is 1. The van der Waals surface area contributed by atoms with Crippen molar-refractivity contribution in [2.75, 3.05) is 21.3 Å². The number of methoxy groups -OCH3 is 3. The SMILES string of the molecule is COc1cc(N=[N+]=[N-])cc(OC)c1OC. The van der Waals surface area contributed by atoms with Crippen LogP contribution in [0.25, 0.3) is 10.4 Å². The summed E-state index contributed by atoms with van der Waals surface area (Å²) in [5, 5.41) is 3.46. The second-order valence-corrected chi connectivity index (χ2v) is 2.57. The van der Waals surface area contributed by atoms with E-state index in [4.69, 9.17) is 19.7 Å². The topological polar surface area (TPSA) is 76.5 Å². The van der Waals surface area contributed by atoms with Crippen LogP contribution in [0.2, 0.25) is 0 Å². The highest BCUT2D eigenvalue weighted by molar-refractivity contribution is 5.60. The Morgan fingerprint density at radius 3 is 1.93 bits per heavy atom. The van der Waals surface area contributed by atoms with E-state index in [-0.39, 0.29) is 0 Å². The van der Waals surface area contributed by atoms with Gasteiger partial charge in [-0.25, -0.2) is 0 Å². The van der Waals surface area contributed by atoms with E-state index in [0.29, 0.717) is 22.9 Å². The molecule has 0 radical (unpaired) electrons. The van der Waals surface area contributed by atoms with Crippen molar-refractivity contribution in [2.45, 2.75) is 0 Å². The summed E-state index contributed by atoms with van der Waals surface area (Å²) >= 11 is 0. The van der Waals surface area contributed by atoms with Gasteiger partial charge < -0.3 is 14.2 Å². The van der Waals surface area contributed by atoms with E-state index in [1.807, 2.05) is 0 Å². The minimum atomic E-state index is 0.409. The van der Waals surface area contributed by atoms with Crippen LogP contribution in [0, 0.1) is 0 Å². The molecule has 80 valence electrons. The van der Waals surface area contributed by atoms with Crippen molar-refractivity contribution in [3.8, 4) is 17.2 Å². The third-order valence-electron chi connectivity index (χ3n) is 1.81. The minimum Gasteiger partial charge on any atom is -0.493 e. The van der Waals surface area contributed by atoms with Crippen LogP contribution in [-0.2, 0) is 0 Å². The van der Waals surface area contributed by atoms with E-state index in [1.54, 1.807) is 12.1 Å². The van der Waals surface area contributed by atoms with Crippen LogP contribution in [0.5, 0.6) is 17.2 Å². The first-order valence-corrected chi connectivity index (χ1v) is 4.12. The Morgan fingerprint density at radius 2 is 1.60 bits per heavy atom. The molecule has 0 spiro atoms. The molecule has 0 aliphatic heterocycles. The second-order valence-electron chi connectivity index (χ2n) is 2.57. The van der Waals surface area contributed by atoms with Crippen molar-refractivity contribution >= 4 is 5.69 Å². The highest BCUT2D eigenvalue weighted by Gasteiger charge is 2.11. The Labute approximate surface area is 87.0 Å². The zero-order chi connectivity index (χ0) is 11.3. The first-order valence-electron chi connectivity index (χ1n) is 4.12. The Hall–Kier alpha value is -2.07. The third kappa shape index (κ3) is 2.24. The fourth-order valence-electron chi connectivity index (χ4n) is 1.18. The number of rotatable bonds is 4. The fraction of sp³-hybridized carbons (Fsp3) is 0.333. The molecule has 1 rings (SSSR count). The zero-order valence-electron chi connectivity index (χ0n) is 8.72. The molecule has 0 heterocycles. The van der Waals surface area contributed by atoms with Crippen LogP contribution in [0.3, 0.4) is 0 Å². The van der Waals surface area contributed by atoms with Crippen LogP contribution in [0.4, 0.5) is 5.69 Å². The number of hydrogen-bond acceptors (Lipinski definition) is 4. The zero-order valence-corrected chi connectivity index (χ0v) is 8.72. The first kappa shape index (κ1) is 11.0. The molecule has 15 heavy (non-hydrogen) atoms. The minimum absolute atomic E-state index is 0.409. The molecule has 6 heteroatoms. The number of ether oxygens (including phenoxy) is 3. The molecule has 0 saturated carbocycles. The molecule has 0 N–H and O–H groups in total. The average molecular weight is 209 g/mol. The molecule has 6 nitrogen and oxygen atoms in total. The molecule has 0 atom stereocenters. The molecule has 0 amide bonds. The van der Waals surface area contributed by atoms with Gasteiger partial charge in [0.1, 0.15) is 0 Å². The largest absolute Gasteiger partial charge is 0.493 e. The Bertz CT molecular complexity index is 375. The Kier molecular flexibility index (Phi) is 3.65. The summed E-state index contributed by atoms with van der Waals surface area (Å²) < 4.78 is 15.3. The third-order valence-corrected chi connectivity index (χ3v) is 1.81. The average Bonchev–Trinajstić information content (AvgIpc) is 2.28. The lowest BCUT2D eigenvalue weighted by atomic mass is 10.2. The first-order chi connectivity index (χ1) is 7.26. The van der Waals surface area contributed by atoms with Gasteiger partial charge in [-0.2, -0.15) is 0 Å². The van der Waals surface area contributed by atoms with E-state index < -0.39 is 0 Å². The number of nitrogens with zero attached hydrogens (tertiary/aromatic N) is 3. The molecule has 0 aliphatic carbocycles. The smallest absolute Gasteiger partial charge is 0.203 e. The molecule has 0 fully saturated rings. The van der Waals surface area contributed by atoms with Gasteiger partial charge in [0.15, 0.2) is 11.5 Å². The van der Waals surface area contributed by atoms with Gasteiger partial charge in [0.25, 0.3) is 0 Å². The van der Waals surface area contributed by atoms with Gasteiger partial charge in [-0.05, 0) is 17.7 Å². The van der Waals surface area contributed by atoms with E-state index in [0.717, 1.165) is 0 Å². The van der Waals surface area contributed by atoms with Crippen LogP contribution in [-0.4, -0.2) is 21.3 Å². The lowest BCUT2D eigenvalue weighted by Crippen LogP contribution is -1.94. The van der Waals surface area contributed by atoms with E-state index in [2.05, 4.69) is 10.0 Å². The molecule has 1 aromatic carbocycles. The van der Waals surface area contributed by atoms with Gasteiger partial charge in [-0.1, -0.05) is 5.11 Å². The van der Waals surface area contributed by atoms with Gasteiger partial charge in [0, 0.05) is 10.6 Å². The summed E-state index contributed by atoms with van der Waals surface area (Å²) in [6.07, 6.45) is 0. The van der Waals surface area contributed by atoms with Gasteiger partial charge in [-0.15, -0.1) is 0 Å². The maximum absolute atomic E-state index is 8.32. The van der Waals surface area contributed by atoms with Crippen molar-refractivity contribution in [3.05, 3.63) is 22.6 Å². The van der Waals surface area contributed by atoms with E-state index >= 15 is 0 Å². The van der Waals surface area contributed by atoms with E-state index in [9.17, 15) is 0 Å². The van der Waals surface area contributed by atoms with Crippen LogP contribution in [0.15, 0.2) is 17.2 Å². The van der Waals surface area contributed by atoms with Crippen LogP contribution < -0.4 is 14.2 Å². The lowest BCUT2D eigenvalue weighted by molar-refractivity contribution is 0.324. The quantitative estimate of drug-likeness (QED) is 0.434. The monoisotopic (exact) mass is 209 g/mol. The summed E-state index contributed by atoms with van der Waals surface area (Å²) in [5.41, 5.74) is 8.73. The molecule has 0 aliphatic rings. The summed E-state index contributed by atoms with van der Waals surface area (Å²) in [7, 11) is 4.50.